The first-order valence-electron chi connectivity index (χ1n) is 7.64. The third kappa shape index (κ3) is 4.06. The Hall–Kier alpha value is -2.43. The van der Waals surface area contributed by atoms with Gasteiger partial charge in [-0.3, -0.25) is 4.79 Å². The SMILES string of the molecule is Cc1cc(C=NNC(=O)c2ccccc2F)c(C)n1CC(C)C. The van der Waals surface area contributed by atoms with Gasteiger partial charge in [0.05, 0.1) is 11.8 Å². The van der Waals surface area contributed by atoms with Crippen molar-refractivity contribution in [2.24, 2.45) is 11.0 Å². The Morgan fingerprint density at radius 1 is 1.35 bits per heavy atom. The highest BCUT2D eigenvalue weighted by atomic mass is 19.1. The van der Waals surface area contributed by atoms with Crippen LogP contribution in [0.2, 0.25) is 0 Å². The van der Waals surface area contributed by atoms with Crippen molar-refractivity contribution in [2.45, 2.75) is 34.2 Å². The van der Waals surface area contributed by atoms with Gasteiger partial charge in [-0.2, -0.15) is 5.10 Å². The van der Waals surface area contributed by atoms with Crippen molar-refractivity contribution in [1.82, 2.24) is 9.99 Å². The van der Waals surface area contributed by atoms with E-state index in [9.17, 15) is 9.18 Å². The molecule has 1 aromatic carbocycles. The smallest absolute Gasteiger partial charge is 0.274 e. The summed E-state index contributed by atoms with van der Waals surface area (Å²) in [5.41, 5.74) is 5.54. The van der Waals surface area contributed by atoms with Crippen LogP contribution in [-0.2, 0) is 6.54 Å². The van der Waals surface area contributed by atoms with Crippen LogP contribution in [0.25, 0.3) is 0 Å². The number of rotatable bonds is 5. The summed E-state index contributed by atoms with van der Waals surface area (Å²) in [4.78, 5) is 11.9. The van der Waals surface area contributed by atoms with E-state index in [2.05, 4.69) is 28.9 Å². The van der Waals surface area contributed by atoms with Crippen molar-refractivity contribution in [3.05, 3.63) is 58.7 Å². The van der Waals surface area contributed by atoms with E-state index in [1.54, 1.807) is 18.3 Å². The lowest BCUT2D eigenvalue weighted by Crippen LogP contribution is -2.19. The van der Waals surface area contributed by atoms with E-state index in [-0.39, 0.29) is 5.56 Å². The van der Waals surface area contributed by atoms with Crippen LogP contribution in [0, 0.1) is 25.6 Å². The topological polar surface area (TPSA) is 46.4 Å². The molecule has 2 rings (SSSR count). The molecule has 1 N–H and O–H groups in total. The molecule has 1 heterocycles. The van der Waals surface area contributed by atoms with Gasteiger partial charge in [-0.05, 0) is 38.0 Å². The minimum absolute atomic E-state index is 0.0186. The first-order valence-corrected chi connectivity index (χ1v) is 7.64. The number of benzene rings is 1. The normalized spacial score (nSPS) is 11.4. The van der Waals surface area contributed by atoms with Crippen LogP contribution < -0.4 is 5.43 Å². The van der Waals surface area contributed by atoms with E-state index < -0.39 is 11.7 Å². The van der Waals surface area contributed by atoms with E-state index in [1.165, 1.54) is 12.1 Å². The van der Waals surface area contributed by atoms with Gasteiger partial charge in [0.25, 0.3) is 5.91 Å². The molecule has 1 aromatic heterocycles. The Balaban J connectivity index is 2.09. The molecule has 0 radical (unpaired) electrons. The number of hydrazone groups is 1. The molecule has 0 saturated carbocycles. The second-order valence-electron chi connectivity index (χ2n) is 6.01. The highest BCUT2D eigenvalue weighted by molar-refractivity contribution is 5.95. The molecular weight excluding hydrogens is 293 g/mol. The fraction of sp³-hybridized carbons (Fsp3) is 0.333. The minimum Gasteiger partial charge on any atom is -0.348 e. The molecule has 23 heavy (non-hydrogen) atoms. The number of nitrogens with zero attached hydrogens (tertiary/aromatic N) is 2. The maximum atomic E-state index is 13.5. The third-order valence-corrected chi connectivity index (χ3v) is 3.65. The highest BCUT2D eigenvalue weighted by Gasteiger charge is 2.11. The lowest BCUT2D eigenvalue weighted by molar-refractivity contribution is 0.0951. The van der Waals surface area contributed by atoms with Crippen LogP contribution in [0.15, 0.2) is 35.4 Å². The van der Waals surface area contributed by atoms with Crippen LogP contribution in [0.4, 0.5) is 4.39 Å². The first-order chi connectivity index (χ1) is 10.9. The zero-order valence-electron chi connectivity index (χ0n) is 13.9. The molecular formula is C18H22FN3O. The summed E-state index contributed by atoms with van der Waals surface area (Å²) >= 11 is 0. The molecule has 0 saturated heterocycles. The van der Waals surface area contributed by atoms with E-state index >= 15 is 0 Å². The van der Waals surface area contributed by atoms with Crippen molar-refractivity contribution in [1.29, 1.82) is 0 Å². The Bertz CT molecular complexity index is 732. The van der Waals surface area contributed by atoms with Gasteiger partial charge < -0.3 is 4.57 Å². The molecule has 0 spiro atoms. The number of aryl methyl sites for hydroxylation is 1. The number of carbonyl (C=O) groups is 1. The van der Waals surface area contributed by atoms with E-state index in [0.717, 1.165) is 23.5 Å². The third-order valence-electron chi connectivity index (χ3n) is 3.65. The summed E-state index contributed by atoms with van der Waals surface area (Å²) in [7, 11) is 0. The average Bonchev–Trinajstić information content (AvgIpc) is 2.75. The Morgan fingerprint density at radius 3 is 2.70 bits per heavy atom. The molecule has 0 unspecified atom stereocenters. The maximum Gasteiger partial charge on any atom is 0.274 e. The summed E-state index contributed by atoms with van der Waals surface area (Å²) in [6, 6.07) is 7.85. The number of amides is 1. The molecule has 1 amide bonds. The lowest BCUT2D eigenvalue weighted by Gasteiger charge is -2.11. The number of halogens is 1. The molecule has 2 aromatic rings. The van der Waals surface area contributed by atoms with Crippen molar-refractivity contribution >= 4 is 12.1 Å². The van der Waals surface area contributed by atoms with Crippen LogP contribution in [0.5, 0.6) is 0 Å². The van der Waals surface area contributed by atoms with Crippen molar-refractivity contribution in [3.8, 4) is 0 Å². The molecule has 0 bridgehead atoms. The number of nitrogens with one attached hydrogen (secondary N) is 1. The zero-order valence-corrected chi connectivity index (χ0v) is 13.9. The number of aromatic nitrogens is 1. The lowest BCUT2D eigenvalue weighted by atomic mass is 10.2. The monoisotopic (exact) mass is 315 g/mol. The number of carbonyl (C=O) groups excluding carboxylic acids is 1. The fourth-order valence-corrected chi connectivity index (χ4v) is 2.47. The van der Waals surface area contributed by atoms with E-state index in [1.807, 2.05) is 19.9 Å². The van der Waals surface area contributed by atoms with Crippen molar-refractivity contribution < 1.29 is 9.18 Å². The molecule has 4 nitrogen and oxygen atoms in total. The molecule has 0 fully saturated rings. The predicted octanol–water partition coefficient (Wildman–Crippen LogP) is 3.66. The number of hydrogen-bond acceptors (Lipinski definition) is 2. The highest BCUT2D eigenvalue weighted by Crippen LogP contribution is 2.15. The van der Waals surface area contributed by atoms with E-state index in [4.69, 9.17) is 0 Å². The van der Waals surface area contributed by atoms with Gasteiger partial charge in [0, 0.05) is 23.5 Å². The van der Waals surface area contributed by atoms with Gasteiger partial charge in [0.15, 0.2) is 0 Å². The summed E-state index contributed by atoms with van der Waals surface area (Å²) < 4.78 is 15.7. The summed E-state index contributed by atoms with van der Waals surface area (Å²) in [6.45, 7) is 9.34. The Labute approximate surface area is 136 Å². The Kier molecular flexibility index (Phi) is 5.32. The summed E-state index contributed by atoms with van der Waals surface area (Å²) in [5, 5.41) is 3.95. The number of hydrogen-bond donors (Lipinski definition) is 1. The molecule has 122 valence electrons. The van der Waals surface area contributed by atoms with Crippen molar-refractivity contribution in [3.63, 3.8) is 0 Å². The van der Waals surface area contributed by atoms with Gasteiger partial charge >= 0.3 is 0 Å². The van der Waals surface area contributed by atoms with E-state index in [0.29, 0.717) is 5.92 Å². The molecule has 5 heteroatoms. The molecule has 0 aliphatic heterocycles. The fourth-order valence-electron chi connectivity index (χ4n) is 2.47. The van der Waals surface area contributed by atoms with Crippen LogP contribution in [-0.4, -0.2) is 16.7 Å². The summed E-state index contributed by atoms with van der Waals surface area (Å²) in [5.74, 6) is -0.573. The van der Waals surface area contributed by atoms with Gasteiger partial charge in [0.2, 0.25) is 0 Å². The molecule has 0 aliphatic rings. The largest absolute Gasteiger partial charge is 0.348 e. The van der Waals surface area contributed by atoms with Gasteiger partial charge in [0.1, 0.15) is 5.82 Å². The van der Waals surface area contributed by atoms with Crippen LogP contribution >= 0.6 is 0 Å². The second kappa shape index (κ2) is 7.22. The van der Waals surface area contributed by atoms with Gasteiger partial charge in [-0.25, -0.2) is 9.82 Å². The van der Waals surface area contributed by atoms with Crippen molar-refractivity contribution in [2.75, 3.05) is 0 Å². The van der Waals surface area contributed by atoms with Gasteiger partial charge in [-0.1, -0.05) is 26.0 Å². The predicted molar refractivity (Wildman–Crippen MR) is 90.2 cm³/mol. The standard InChI is InChI=1S/C18H22FN3O/c1-12(2)11-22-13(3)9-15(14(22)4)10-20-21-18(23)16-7-5-6-8-17(16)19/h5-10,12H,11H2,1-4H3,(H,21,23). The minimum atomic E-state index is -0.560. The summed E-state index contributed by atoms with van der Waals surface area (Å²) in [6.07, 6.45) is 1.60. The van der Waals surface area contributed by atoms with Gasteiger partial charge in [-0.15, -0.1) is 0 Å². The zero-order chi connectivity index (χ0) is 17.0. The van der Waals surface area contributed by atoms with Crippen LogP contribution in [0.3, 0.4) is 0 Å². The second-order valence-corrected chi connectivity index (χ2v) is 6.01. The first kappa shape index (κ1) is 16.9. The molecule has 0 aliphatic carbocycles. The quantitative estimate of drug-likeness (QED) is 0.664. The average molecular weight is 315 g/mol. The van der Waals surface area contributed by atoms with Crippen LogP contribution in [0.1, 0.15) is 41.2 Å². The molecule has 0 atom stereocenters. The Morgan fingerprint density at radius 2 is 2.04 bits per heavy atom. The maximum absolute atomic E-state index is 13.5.